The van der Waals surface area contributed by atoms with Crippen molar-refractivity contribution in [1.82, 2.24) is 19.7 Å². The Labute approximate surface area is 111 Å². The maximum absolute atomic E-state index is 4.25. The highest BCUT2D eigenvalue weighted by atomic mass is 15.2. The maximum atomic E-state index is 4.25. The molecule has 0 amide bonds. The van der Waals surface area contributed by atoms with E-state index in [2.05, 4.69) is 21.2 Å². The fourth-order valence-electron chi connectivity index (χ4n) is 1.78. The van der Waals surface area contributed by atoms with E-state index in [9.17, 15) is 0 Å². The first-order valence-corrected chi connectivity index (χ1v) is 5.96. The SMILES string of the molecule is C(=C\c1ccccn1)/c1cccc(-n2cnnc2)c1. The van der Waals surface area contributed by atoms with Crippen molar-refractivity contribution in [3.8, 4) is 5.69 Å². The molecule has 0 saturated carbocycles. The molecular formula is C15H12N4. The van der Waals surface area contributed by atoms with Crippen LogP contribution in [0.25, 0.3) is 17.8 Å². The van der Waals surface area contributed by atoms with Gasteiger partial charge in [0.1, 0.15) is 12.7 Å². The van der Waals surface area contributed by atoms with E-state index in [1.54, 1.807) is 18.9 Å². The summed E-state index contributed by atoms with van der Waals surface area (Å²) in [5.74, 6) is 0. The Balaban J connectivity index is 1.86. The molecule has 92 valence electrons. The van der Waals surface area contributed by atoms with Gasteiger partial charge in [-0.15, -0.1) is 10.2 Å². The molecule has 4 heteroatoms. The highest BCUT2D eigenvalue weighted by Gasteiger charge is 1.96. The fourth-order valence-corrected chi connectivity index (χ4v) is 1.78. The van der Waals surface area contributed by atoms with Crippen LogP contribution in [0, 0.1) is 0 Å². The highest BCUT2D eigenvalue weighted by molar-refractivity contribution is 5.68. The van der Waals surface area contributed by atoms with Crippen LogP contribution in [0.3, 0.4) is 0 Å². The molecule has 3 aromatic rings. The topological polar surface area (TPSA) is 43.6 Å². The molecule has 3 rings (SSSR count). The molecule has 0 saturated heterocycles. The van der Waals surface area contributed by atoms with Gasteiger partial charge in [0.2, 0.25) is 0 Å². The lowest BCUT2D eigenvalue weighted by Crippen LogP contribution is -1.89. The summed E-state index contributed by atoms with van der Waals surface area (Å²) in [4.78, 5) is 4.25. The minimum absolute atomic E-state index is 0.942. The third kappa shape index (κ3) is 2.74. The van der Waals surface area contributed by atoms with Crippen molar-refractivity contribution in [2.24, 2.45) is 0 Å². The number of rotatable bonds is 3. The molecule has 0 radical (unpaired) electrons. The van der Waals surface area contributed by atoms with Gasteiger partial charge < -0.3 is 0 Å². The highest BCUT2D eigenvalue weighted by Crippen LogP contribution is 2.12. The Morgan fingerprint density at radius 1 is 0.895 bits per heavy atom. The molecule has 0 aliphatic heterocycles. The van der Waals surface area contributed by atoms with Crippen molar-refractivity contribution in [3.63, 3.8) is 0 Å². The minimum Gasteiger partial charge on any atom is -0.288 e. The van der Waals surface area contributed by atoms with E-state index in [-0.39, 0.29) is 0 Å². The zero-order valence-electron chi connectivity index (χ0n) is 10.2. The first kappa shape index (κ1) is 11.3. The van der Waals surface area contributed by atoms with Crippen LogP contribution in [0.5, 0.6) is 0 Å². The lowest BCUT2D eigenvalue weighted by molar-refractivity contribution is 1.05. The van der Waals surface area contributed by atoms with E-state index < -0.39 is 0 Å². The van der Waals surface area contributed by atoms with Crippen molar-refractivity contribution in [2.75, 3.05) is 0 Å². The Hall–Kier alpha value is -2.75. The predicted octanol–water partition coefficient (Wildman–Crippen LogP) is 2.83. The standard InChI is InChI=1S/C15H12N4/c1-2-9-16-14(5-1)8-7-13-4-3-6-15(10-13)19-11-17-18-12-19/h1-12H/b8-7+. The van der Waals surface area contributed by atoms with Gasteiger partial charge in [-0.25, -0.2) is 0 Å². The Kier molecular flexibility index (Phi) is 3.14. The van der Waals surface area contributed by atoms with Gasteiger partial charge in [0.05, 0.1) is 5.69 Å². The monoisotopic (exact) mass is 248 g/mol. The molecule has 4 nitrogen and oxygen atoms in total. The van der Waals surface area contributed by atoms with Gasteiger partial charge in [0.25, 0.3) is 0 Å². The van der Waals surface area contributed by atoms with Crippen LogP contribution in [0.1, 0.15) is 11.3 Å². The number of aromatic nitrogens is 4. The van der Waals surface area contributed by atoms with Crippen LogP contribution in [-0.2, 0) is 0 Å². The normalized spacial score (nSPS) is 10.9. The molecule has 0 atom stereocenters. The summed E-state index contributed by atoms with van der Waals surface area (Å²) in [5, 5.41) is 7.61. The first-order valence-electron chi connectivity index (χ1n) is 5.96. The largest absolute Gasteiger partial charge is 0.288 e. The molecule has 0 spiro atoms. The van der Waals surface area contributed by atoms with Gasteiger partial charge in [0, 0.05) is 11.9 Å². The molecule has 0 aliphatic rings. The summed E-state index contributed by atoms with van der Waals surface area (Å²) in [6.45, 7) is 0. The van der Waals surface area contributed by atoms with Gasteiger partial charge in [-0.05, 0) is 35.9 Å². The van der Waals surface area contributed by atoms with E-state index in [0.717, 1.165) is 16.9 Å². The fraction of sp³-hybridized carbons (Fsp3) is 0. The molecule has 0 aliphatic carbocycles. The smallest absolute Gasteiger partial charge is 0.123 e. The summed E-state index contributed by atoms with van der Waals surface area (Å²) >= 11 is 0. The molecule has 0 bridgehead atoms. The van der Waals surface area contributed by atoms with E-state index >= 15 is 0 Å². The predicted molar refractivity (Wildman–Crippen MR) is 74.5 cm³/mol. The zero-order valence-corrected chi connectivity index (χ0v) is 10.2. The second-order valence-electron chi connectivity index (χ2n) is 4.05. The van der Waals surface area contributed by atoms with Gasteiger partial charge in [-0.2, -0.15) is 0 Å². The van der Waals surface area contributed by atoms with E-state index in [1.807, 2.05) is 53.1 Å². The van der Waals surface area contributed by atoms with Crippen LogP contribution in [0.4, 0.5) is 0 Å². The molecule has 0 unspecified atom stereocenters. The number of benzene rings is 1. The van der Waals surface area contributed by atoms with Crippen LogP contribution in [0.2, 0.25) is 0 Å². The van der Waals surface area contributed by atoms with Crippen LogP contribution < -0.4 is 0 Å². The first-order chi connectivity index (χ1) is 9.42. The lowest BCUT2D eigenvalue weighted by Gasteiger charge is -2.01. The average Bonchev–Trinajstić information content (AvgIpc) is 3.01. The molecule has 2 aromatic heterocycles. The van der Waals surface area contributed by atoms with Crippen molar-refractivity contribution >= 4 is 12.2 Å². The summed E-state index contributed by atoms with van der Waals surface area (Å²) in [7, 11) is 0. The van der Waals surface area contributed by atoms with Crippen molar-refractivity contribution in [1.29, 1.82) is 0 Å². The van der Waals surface area contributed by atoms with Gasteiger partial charge in [-0.3, -0.25) is 9.55 Å². The Bertz CT molecular complexity index is 672. The molecular weight excluding hydrogens is 236 g/mol. The van der Waals surface area contributed by atoms with Gasteiger partial charge >= 0.3 is 0 Å². The summed E-state index contributed by atoms with van der Waals surface area (Å²) in [6, 6.07) is 14.0. The van der Waals surface area contributed by atoms with E-state index in [4.69, 9.17) is 0 Å². The van der Waals surface area contributed by atoms with Crippen LogP contribution in [0.15, 0.2) is 61.3 Å². The molecule has 0 fully saturated rings. The van der Waals surface area contributed by atoms with E-state index in [0.29, 0.717) is 0 Å². The number of nitrogens with zero attached hydrogens (tertiary/aromatic N) is 4. The second kappa shape index (κ2) is 5.27. The van der Waals surface area contributed by atoms with Crippen molar-refractivity contribution in [2.45, 2.75) is 0 Å². The number of hydrogen-bond donors (Lipinski definition) is 0. The molecule has 19 heavy (non-hydrogen) atoms. The maximum Gasteiger partial charge on any atom is 0.123 e. The molecule has 1 aromatic carbocycles. The lowest BCUT2D eigenvalue weighted by atomic mass is 10.1. The summed E-state index contributed by atoms with van der Waals surface area (Å²) in [6.07, 6.45) is 9.18. The van der Waals surface area contributed by atoms with Crippen LogP contribution >= 0.6 is 0 Å². The third-order valence-electron chi connectivity index (χ3n) is 2.72. The van der Waals surface area contributed by atoms with Gasteiger partial charge in [-0.1, -0.05) is 24.3 Å². The summed E-state index contributed by atoms with van der Waals surface area (Å²) in [5.41, 5.74) is 3.09. The second-order valence-corrected chi connectivity index (χ2v) is 4.05. The molecule has 2 heterocycles. The zero-order chi connectivity index (χ0) is 12.9. The summed E-state index contributed by atoms with van der Waals surface area (Å²) < 4.78 is 1.87. The van der Waals surface area contributed by atoms with E-state index in [1.165, 1.54) is 0 Å². The van der Waals surface area contributed by atoms with Crippen molar-refractivity contribution in [3.05, 3.63) is 72.6 Å². The molecule has 0 N–H and O–H groups in total. The Morgan fingerprint density at radius 2 is 1.79 bits per heavy atom. The van der Waals surface area contributed by atoms with Gasteiger partial charge in [0.15, 0.2) is 0 Å². The quantitative estimate of drug-likeness (QED) is 0.715. The average molecular weight is 248 g/mol. The van der Waals surface area contributed by atoms with Crippen LogP contribution in [-0.4, -0.2) is 19.7 Å². The Morgan fingerprint density at radius 3 is 2.58 bits per heavy atom. The number of hydrogen-bond acceptors (Lipinski definition) is 3. The van der Waals surface area contributed by atoms with Crippen molar-refractivity contribution < 1.29 is 0 Å². The number of pyridine rings is 1. The minimum atomic E-state index is 0.942. The third-order valence-corrected chi connectivity index (χ3v) is 2.72.